The first kappa shape index (κ1) is 14.0. The normalized spacial score (nSPS) is 17.3. The summed E-state index contributed by atoms with van der Waals surface area (Å²) in [4.78, 5) is 10.5. The minimum absolute atomic E-state index is 0.00293. The molecule has 0 aromatic carbocycles. The number of nitrogens with zero attached hydrogens (tertiary/aromatic N) is 3. The topological polar surface area (TPSA) is 113 Å². The Bertz CT molecular complexity index is 561. The maximum atomic E-state index is 12.1. The first-order chi connectivity index (χ1) is 8.93. The van der Waals surface area contributed by atoms with Gasteiger partial charge < -0.3 is 10.2 Å². The Morgan fingerprint density at radius 3 is 2.74 bits per heavy atom. The van der Waals surface area contributed by atoms with Crippen molar-refractivity contribution in [1.29, 1.82) is 0 Å². The molecule has 2 N–H and O–H groups in total. The van der Waals surface area contributed by atoms with Crippen molar-refractivity contribution < 1.29 is 23.4 Å². The average molecular weight is 289 g/mol. The van der Waals surface area contributed by atoms with Crippen LogP contribution in [0.15, 0.2) is 17.3 Å². The monoisotopic (exact) mass is 289 g/mol. The molecule has 1 saturated heterocycles. The SMILES string of the molecule is O=C(O)CCn1cc(S(=O)(=O)N2CC(CO)C2)cn1. The summed E-state index contributed by atoms with van der Waals surface area (Å²) in [5.41, 5.74) is 0. The molecule has 2 heterocycles. The summed E-state index contributed by atoms with van der Waals surface area (Å²) in [6.07, 6.45) is 2.42. The van der Waals surface area contributed by atoms with Crippen molar-refractivity contribution in [3.8, 4) is 0 Å². The number of rotatable bonds is 6. The van der Waals surface area contributed by atoms with Gasteiger partial charge in [-0.15, -0.1) is 0 Å². The number of aliphatic hydroxyl groups is 1. The predicted octanol–water partition coefficient (Wildman–Crippen LogP) is -1.03. The lowest BCUT2D eigenvalue weighted by atomic mass is 10.1. The van der Waals surface area contributed by atoms with Crippen LogP contribution in [0.1, 0.15) is 6.42 Å². The fourth-order valence-corrected chi connectivity index (χ4v) is 3.34. The number of hydrogen-bond acceptors (Lipinski definition) is 5. The standard InChI is InChI=1S/C10H15N3O5S/c14-7-8-4-13(5-8)19(17,18)9-3-11-12(6-9)2-1-10(15)16/h3,6,8,14H,1-2,4-5,7H2,(H,15,16). The van der Waals surface area contributed by atoms with Crippen LogP contribution in [0.5, 0.6) is 0 Å². The van der Waals surface area contributed by atoms with E-state index in [0.29, 0.717) is 13.1 Å². The second kappa shape index (κ2) is 5.27. The zero-order valence-corrected chi connectivity index (χ0v) is 11.0. The van der Waals surface area contributed by atoms with E-state index in [1.807, 2.05) is 0 Å². The minimum atomic E-state index is -3.57. The second-order valence-electron chi connectivity index (χ2n) is 4.45. The van der Waals surface area contributed by atoms with Gasteiger partial charge in [0.1, 0.15) is 4.90 Å². The van der Waals surface area contributed by atoms with Crippen molar-refractivity contribution in [3.63, 3.8) is 0 Å². The van der Waals surface area contributed by atoms with Gasteiger partial charge in [0.25, 0.3) is 0 Å². The lowest BCUT2D eigenvalue weighted by molar-refractivity contribution is -0.137. The molecule has 106 valence electrons. The number of aryl methyl sites for hydroxylation is 1. The summed E-state index contributed by atoms with van der Waals surface area (Å²) in [5.74, 6) is -0.967. The summed E-state index contributed by atoms with van der Waals surface area (Å²) < 4.78 is 26.8. The van der Waals surface area contributed by atoms with Gasteiger partial charge in [0.05, 0.1) is 19.2 Å². The zero-order valence-electron chi connectivity index (χ0n) is 10.1. The van der Waals surface area contributed by atoms with Gasteiger partial charge in [-0.3, -0.25) is 9.48 Å². The Hall–Kier alpha value is -1.45. The molecule has 0 radical (unpaired) electrons. The van der Waals surface area contributed by atoms with Crippen LogP contribution in [0.25, 0.3) is 0 Å². The summed E-state index contributed by atoms with van der Waals surface area (Å²) in [5, 5.41) is 21.2. The molecule has 0 aliphatic carbocycles. The third-order valence-electron chi connectivity index (χ3n) is 2.98. The van der Waals surface area contributed by atoms with Crippen molar-refractivity contribution in [1.82, 2.24) is 14.1 Å². The summed E-state index contributed by atoms with van der Waals surface area (Å²) in [7, 11) is -3.57. The largest absolute Gasteiger partial charge is 0.481 e. The maximum absolute atomic E-state index is 12.1. The molecule has 9 heteroatoms. The van der Waals surface area contributed by atoms with E-state index in [2.05, 4.69) is 5.10 Å². The number of aliphatic carboxylic acids is 1. The zero-order chi connectivity index (χ0) is 14.0. The molecule has 0 amide bonds. The lowest BCUT2D eigenvalue weighted by Gasteiger charge is -2.36. The van der Waals surface area contributed by atoms with E-state index in [1.54, 1.807) is 0 Å². The number of hydrogen-bond donors (Lipinski definition) is 2. The van der Waals surface area contributed by atoms with E-state index in [0.717, 1.165) is 0 Å². The number of carboxylic acids is 1. The van der Waals surface area contributed by atoms with Crippen LogP contribution in [0.4, 0.5) is 0 Å². The smallest absolute Gasteiger partial charge is 0.305 e. The molecule has 1 aromatic heterocycles. The van der Waals surface area contributed by atoms with Gasteiger partial charge in [0, 0.05) is 31.8 Å². The molecule has 1 fully saturated rings. The van der Waals surface area contributed by atoms with Gasteiger partial charge in [-0.1, -0.05) is 0 Å². The Balaban J connectivity index is 2.03. The fraction of sp³-hybridized carbons (Fsp3) is 0.600. The van der Waals surface area contributed by atoms with Crippen LogP contribution in [-0.2, 0) is 21.4 Å². The highest BCUT2D eigenvalue weighted by Gasteiger charge is 2.36. The summed E-state index contributed by atoms with van der Waals surface area (Å²) >= 11 is 0. The predicted molar refractivity (Wildman–Crippen MR) is 63.8 cm³/mol. The highest BCUT2D eigenvalue weighted by molar-refractivity contribution is 7.89. The van der Waals surface area contributed by atoms with Gasteiger partial charge in [0.15, 0.2) is 0 Å². The van der Waals surface area contributed by atoms with Crippen molar-refractivity contribution >= 4 is 16.0 Å². The molecule has 0 unspecified atom stereocenters. The molecule has 0 spiro atoms. The Labute approximate surface area is 110 Å². The quantitative estimate of drug-likeness (QED) is 0.692. The lowest BCUT2D eigenvalue weighted by Crippen LogP contribution is -2.51. The van der Waals surface area contributed by atoms with E-state index in [-0.39, 0.29) is 30.4 Å². The molecule has 0 bridgehead atoms. The number of sulfonamides is 1. The Morgan fingerprint density at radius 2 is 2.16 bits per heavy atom. The maximum Gasteiger partial charge on any atom is 0.305 e. The molecule has 1 aliphatic heterocycles. The number of carbonyl (C=O) groups is 1. The third-order valence-corrected chi connectivity index (χ3v) is 4.77. The van der Waals surface area contributed by atoms with Crippen molar-refractivity contribution in [3.05, 3.63) is 12.4 Å². The third kappa shape index (κ3) is 2.94. The van der Waals surface area contributed by atoms with Gasteiger partial charge in [-0.25, -0.2) is 8.42 Å². The molecule has 2 rings (SSSR count). The van der Waals surface area contributed by atoms with Gasteiger partial charge in [-0.2, -0.15) is 9.40 Å². The number of aromatic nitrogens is 2. The molecule has 8 nitrogen and oxygen atoms in total. The molecule has 19 heavy (non-hydrogen) atoms. The van der Waals surface area contributed by atoms with E-state index < -0.39 is 16.0 Å². The van der Waals surface area contributed by atoms with Crippen LogP contribution in [-0.4, -0.2) is 58.4 Å². The molecule has 1 aliphatic rings. The molecule has 0 saturated carbocycles. The van der Waals surface area contributed by atoms with Gasteiger partial charge in [-0.05, 0) is 0 Å². The highest BCUT2D eigenvalue weighted by atomic mass is 32.2. The van der Waals surface area contributed by atoms with E-state index in [4.69, 9.17) is 10.2 Å². The molecule has 0 atom stereocenters. The van der Waals surface area contributed by atoms with Crippen LogP contribution in [0, 0.1) is 5.92 Å². The number of aliphatic hydroxyl groups excluding tert-OH is 1. The van der Waals surface area contributed by atoms with Crippen molar-refractivity contribution in [2.24, 2.45) is 5.92 Å². The Kier molecular flexibility index (Phi) is 3.88. The first-order valence-corrected chi connectivity index (χ1v) is 7.22. The van der Waals surface area contributed by atoms with Crippen molar-refractivity contribution in [2.75, 3.05) is 19.7 Å². The number of carboxylic acid groups (broad SMARTS) is 1. The van der Waals surface area contributed by atoms with E-state index in [9.17, 15) is 13.2 Å². The average Bonchev–Trinajstić information content (AvgIpc) is 2.73. The Morgan fingerprint density at radius 1 is 1.47 bits per heavy atom. The fourth-order valence-electron chi connectivity index (χ4n) is 1.79. The van der Waals surface area contributed by atoms with E-state index >= 15 is 0 Å². The van der Waals surface area contributed by atoms with Gasteiger partial charge >= 0.3 is 5.97 Å². The first-order valence-electron chi connectivity index (χ1n) is 5.78. The van der Waals surface area contributed by atoms with Crippen LogP contribution >= 0.6 is 0 Å². The van der Waals surface area contributed by atoms with Crippen molar-refractivity contribution in [2.45, 2.75) is 17.9 Å². The second-order valence-corrected chi connectivity index (χ2v) is 6.39. The van der Waals surface area contributed by atoms with Crippen LogP contribution in [0.2, 0.25) is 0 Å². The highest BCUT2D eigenvalue weighted by Crippen LogP contribution is 2.24. The molecular weight excluding hydrogens is 274 g/mol. The summed E-state index contributed by atoms with van der Waals surface area (Å²) in [6, 6.07) is 0. The van der Waals surface area contributed by atoms with Gasteiger partial charge in [0.2, 0.25) is 10.0 Å². The minimum Gasteiger partial charge on any atom is -0.481 e. The van der Waals surface area contributed by atoms with E-state index in [1.165, 1.54) is 21.4 Å². The van der Waals surface area contributed by atoms with Crippen LogP contribution < -0.4 is 0 Å². The van der Waals surface area contributed by atoms with Crippen LogP contribution in [0.3, 0.4) is 0 Å². The molecular formula is C10H15N3O5S. The summed E-state index contributed by atoms with van der Waals surface area (Å²) in [6.45, 7) is 0.715. The molecule has 1 aromatic rings.